The van der Waals surface area contributed by atoms with Gasteiger partial charge in [-0.1, -0.05) is 40.8 Å². The quantitative estimate of drug-likeness (QED) is 0.226. The van der Waals surface area contributed by atoms with Crippen molar-refractivity contribution in [3.8, 4) is 0 Å². The van der Waals surface area contributed by atoms with Crippen LogP contribution in [0, 0.1) is 0 Å². The average Bonchev–Trinajstić information content (AvgIpc) is 2.65. The molecule has 0 radical (unpaired) electrons. The molecule has 5 atom stereocenters. The molecule has 1 aliphatic rings. The zero-order chi connectivity index (χ0) is 22.5. The van der Waals surface area contributed by atoms with Crippen molar-refractivity contribution in [2.45, 2.75) is 54.1 Å². The fourth-order valence-electron chi connectivity index (χ4n) is 2.81. The van der Waals surface area contributed by atoms with Crippen LogP contribution in [-0.4, -0.2) is 61.4 Å². The van der Waals surface area contributed by atoms with Crippen LogP contribution in [0.2, 0.25) is 0 Å². The van der Waals surface area contributed by atoms with E-state index in [0.29, 0.717) is 0 Å². The zero-order valence-electron chi connectivity index (χ0n) is 16.4. The molecular weight excluding hydrogens is 533 g/mol. The summed E-state index contributed by atoms with van der Waals surface area (Å²) in [5.74, 6) is -1.93. The molecule has 12 heteroatoms. The molecule has 0 bridgehead atoms. The van der Waals surface area contributed by atoms with Gasteiger partial charge in [-0.2, -0.15) is 4.72 Å². The molecule has 1 saturated heterocycles. The van der Waals surface area contributed by atoms with Crippen LogP contribution < -0.4 is 4.72 Å². The topological polar surface area (TPSA) is 134 Å². The van der Waals surface area contributed by atoms with Gasteiger partial charge in [0.1, 0.15) is 18.9 Å². The van der Waals surface area contributed by atoms with Gasteiger partial charge in [-0.25, -0.2) is 8.42 Å². The molecule has 1 aromatic rings. The van der Waals surface area contributed by atoms with Crippen molar-refractivity contribution in [1.82, 2.24) is 4.72 Å². The lowest BCUT2D eigenvalue weighted by molar-refractivity contribution is -0.212. The summed E-state index contributed by atoms with van der Waals surface area (Å²) in [6.07, 6.45) is -4.39. The van der Waals surface area contributed by atoms with Crippen molar-refractivity contribution in [1.29, 1.82) is 0 Å². The molecule has 1 aliphatic heterocycles. The molecule has 30 heavy (non-hydrogen) atoms. The summed E-state index contributed by atoms with van der Waals surface area (Å²) in [5.41, 5.74) is 0. The minimum Gasteiger partial charge on any atom is -0.463 e. The molecule has 166 valence electrons. The van der Waals surface area contributed by atoms with Crippen LogP contribution >= 0.6 is 22.6 Å². The third kappa shape index (κ3) is 6.62. The van der Waals surface area contributed by atoms with E-state index in [9.17, 15) is 22.8 Å². The number of halogens is 1. The van der Waals surface area contributed by atoms with Gasteiger partial charge in [0.2, 0.25) is 10.0 Å². The first-order valence-electron chi connectivity index (χ1n) is 8.86. The van der Waals surface area contributed by atoms with Crippen molar-refractivity contribution < 1.29 is 41.7 Å². The summed E-state index contributed by atoms with van der Waals surface area (Å²) in [6, 6.07) is 7.64. The first-order valence-corrected chi connectivity index (χ1v) is 11.6. The zero-order valence-corrected chi connectivity index (χ0v) is 19.4. The molecule has 1 heterocycles. The van der Waals surface area contributed by atoms with Crippen molar-refractivity contribution >= 4 is 50.5 Å². The normalized spacial score (nSPS) is 26.5. The maximum Gasteiger partial charge on any atom is 0.303 e. The molecule has 0 unspecified atom stereocenters. The van der Waals surface area contributed by atoms with Crippen molar-refractivity contribution in [3.63, 3.8) is 0 Å². The average molecular weight is 555 g/mol. The minimum absolute atomic E-state index is 0.0138. The van der Waals surface area contributed by atoms with Gasteiger partial charge in [-0.05, 0) is 12.1 Å². The molecule has 0 saturated carbocycles. The molecule has 10 nitrogen and oxygen atoms in total. The number of sulfonamides is 1. The largest absolute Gasteiger partial charge is 0.463 e. The van der Waals surface area contributed by atoms with E-state index in [-0.39, 0.29) is 11.5 Å². The van der Waals surface area contributed by atoms with Gasteiger partial charge in [0.05, 0.1) is 8.82 Å². The maximum atomic E-state index is 12.7. The number of esters is 3. The highest BCUT2D eigenvalue weighted by Gasteiger charge is 2.50. The van der Waals surface area contributed by atoms with Gasteiger partial charge in [-0.3, -0.25) is 14.4 Å². The number of hydrogen-bond acceptors (Lipinski definition) is 9. The maximum absolute atomic E-state index is 12.7. The van der Waals surface area contributed by atoms with E-state index in [1.165, 1.54) is 32.9 Å². The summed E-state index contributed by atoms with van der Waals surface area (Å²) in [6.45, 7) is 3.19. The van der Waals surface area contributed by atoms with Crippen LogP contribution in [0.3, 0.4) is 0 Å². The molecular formula is C18H22INO9S. The summed E-state index contributed by atoms with van der Waals surface area (Å²) in [7, 11) is -3.98. The Labute approximate surface area is 187 Å². The van der Waals surface area contributed by atoms with Crippen molar-refractivity contribution in [3.05, 3.63) is 30.3 Å². The highest BCUT2D eigenvalue weighted by molar-refractivity contribution is 14.1. The van der Waals surface area contributed by atoms with E-state index in [0.717, 1.165) is 0 Å². The Morgan fingerprint density at radius 2 is 1.57 bits per heavy atom. The Morgan fingerprint density at radius 3 is 2.10 bits per heavy atom. The van der Waals surface area contributed by atoms with E-state index < -0.39 is 56.4 Å². The lowest BCUT2D eigenvalue weighted by atomic mass is 10.0. The fourth-order valence-corrected chi connectivity index (χ4v) is 5.12. The monoisotopic (exact) mass is 555 g/mol. The molecule has 1 N–H and O–H groups in total. The molecule has 1 aromatic carbocycles. The molecule has 1 fully saturated rings. The fraction of sp³-hybridized carbons (Fsp3) is 0.500. The second kappa shape index (κ2) is 10.5. The first kappa shape index (κ1) is 24.5. The van der Waals surface area contributed by atoms with Crippen LogP contribution in [0.4, 0.5) is 0 Å². The molecule has 0 amide bonds. The molecule has 0 aromatic heterocycles. The third-order valence-electron chi connectivity index (χ3n) is 3.99. The Balaban J connectivity index is 2.35. The number of alkyl halides is 1. The van der Waals surface area contributed by atoms with Gasteiger partial charge in [0.25, 0.3) is 0 Å². The standard InChI is InChI=1S/C18H22INO9S/c1-10(21)26-9-14-16(27-11(2)22)17(28-12(3)23)15(19)18(29-14)20-30(24,25)13-7-5-4-6-8-13/h4-8,14-18,20H,9H2,1-3H3/t14-,15+,16-,17-,18-/m1/s1. The lowest BCUT2D eigenvalue weighted by Crippen LogP contribution is -2.63. The SMILES string of the molecule is CC(=O)OC[C@H]1O[C@@H](NS(=O)(=O)c2ccccc2)[C@@H](I)[C@@H](OC(C)=O)[C@@H]1OC(C)=O. The third-order valence-corrected chi connectivity index (χ3v) is 6.79. The Bertz CT molecular complexity index is 877. The van der Waals surface area contributed by atoms with Gasteiger partial charge >= 0.3 is 17.9 Å². The van der Waals surface area contributed by atoms with Crippen molar-refractivity contribution in [2.24, 2.45) is 0 Å². The predicted molar refractivity (Wildman–Crippen MR) is 111 cm³/mol. The number of benzene rings is 1. The van der Waals surface area contributed by atoms with Crippen LogP contribution in [-0.2, 0) is 43.4 Å². The number of nitrogens with one attached hydrogen (secondary N) is 1. The number of carbonyl (C=O) groups is 3. The van der Waals surface area contributed by atoms with Crippen LogP contribution in [0.15, 0.2) is 35.2 Å². The Morgan fingerprint density at radius 1 is 1.00 bits per heavy atom. The number of rotatable bonds is 7. The van der Waals surface area contributed by atoms with E-state index in [1.807, 2.05) is 22.6 Å². The van der Waals surface area contributed by atoms with E-state index in [4.69, 9.17) is 18.9 Å². The summed E-state index contributed by atoms with van der Waals surface area (Å²) in [4.78, 5) is 34.5. The van der Waals surface area contributed by atoms with Crippen LogP contribution in [0.5, 0.6) is 0 Å². The predicted octanol–water partition coefficient (Wildman–Crippen LogP) is 0.920. The van der Waals surface area contributed by atoms with Crippen LogP contribution in [0.1, 0.15) is 20.8 Å². The van der Waals surface area contributed by atoms with Gasteiger partial charge in [0, 0.05) is 20.8 Å². The Hall–Kier alpha value is -1.77. The number of ether oxygens (including phenoxy) is 4. The molecule has 0 spiro atoms. The van der Waals surface area contributed by atoms with E-state index >= 15 is 0 Å². The first-order chi connectivity index (χ1) is 14.0. The highest BCUT2D eigenvalue weighted by Crippen LogP contribution is 2.31. The van der Waals surface area contributed by atoms with Gasteiger partial charge in [-0.15, -0.1) is 0 Å². The van der Waals surface area contributed by atoms with Gasteiger partial charge in [0.15, 0.2) is 12.2 Å². The minimum atomic E-state index is -3.98. The Kier molecular flexibility index (Phi) is 8.58. The molecule has 2 rings (SSSR count). The second-order valence-corrected chi connectivity index (χ2v) is 9.58. The van der Waals surface area contributed by atoms with E-state index in [2.05, 4.69) is 4.72 Å². The van der Waals surface area contributed by atoms with Crippen LogP contribution in [0.25, 0.3) is 0 Å². The second-order valence-electron chi connectivity index (χ2n) is 6.42. The summed E-state index contributed by atoms with van der Waals surface area (Å²) >= 11 is 1.86. The van der Waals surface area contributed by atoms with Gasteiger partial charge < -0.3 is 18.9 Å². The molecule has 0 aliphatic carbocycles. The number of hydrogen-bond donors (Lipinski definition) is 1. The van der Waals surface area contributed by atoms with E-state index in [1.54, 1.807) is 18.2 Å². The lowest BCUT2D eigenvalue weighted by Gasteiger charge is -2.43. The number of carbonyl (C=O) groups excluding carboxylic acids is 3. The summed E-state index contributed by atoms with van der Waals surface area (Å²) < 4.78 is 48.5. The van der Waals surface area contributed by atoms with Crippen molar-refractivity contribution in [2.75, 3.05) is 6.61 Å². The summed E-state index contributed by atoms with van der Waals surface area (Å²) in [5, 5.41) is 0. The highest BCUT2D eigenvalue weighted by atomic mass is 127. The smallest absolute Gasteiger partial charge is 0.303 e.